The number of ketones is 1. The Morgan fingerprint density at radius 2 is 1.50 bits per heavy atom. The highest BCUT2D eigenvalue weighted by Crippen LogP contribution is 2.28. The van der Waals surface area contributed by atoms with Gasteiger partial charge in [-0.3, -0.25) is 14.5 Å². The van der Waals surface area contributed by atoms with E-state index in [0.717, 1.165) is 54.5 Å². The largest absolute Gasteiger partial charge is 0.372 e. The number of hydrogen-bond donors (Lipinski definition) is 0. The topological polar surface area (TPSA) is 40.6 Å². The zero-order chi connectivity index (χ0) is 24.5. The second kappa shape index (κ2) is 12.3. The van der Waals surface area contributed by atoms with Crippen LogP contribution in [0.2, 0.25) is 0 Å². The maximum absolute atomic E-state index is 12.4. The van der Waals surface area contributed by atoms with E-state index in [2.05, 4.69) is 49.1 Å². The molecule has 0 saturated carbocycles. The van der Waals surface area contributed by atoms with Gasteiger partial charge in [0.2, 0.25) is 0 Å². The molecule has 0 spiro atoms. The van der Waals surface area contributed by atoms with Crippen LogP contribution in [0.4, 0.5) is 5.69 Å². The van der Waals surface area contributed by atoms with Crippen molar-refractivity contribution in [1.82, 2.24) is 4.90 Å². The van der Waals surface area contributed by atoms with Crippen LogP contribution in [0.1, 0.15) is 61.1 Å². The maximum Gasteiger partial charge on any atom is 0.151 e. The maximum atomic E-state index is 12.4. The molecule has 0 saturated heterocycles. The summed E-state index contributed by atoms with van der Waals surface area (Å²) in [5.41, 5.74) is 5.87. The molecular weight excluding hydrogens is 420 g/mol. The molecule has 178 valence electrons. The van der Waals surface area contributed by atoms with E-state index in [0.29, 0.717) is 12.1 Å². The molecule has 34 heavy (non-hydrogen) atoms. The molecule has 3 rings (SSSR count). The fraction of sp³-hybridized carbons (Fsp3) is 0.333. The molecule has 0 aliphatic rings. The SMILES string of the molecule is CCCN(CCC)c1ccc(-c2ccc(CN(C)C(C(C)=O)c3ccccc3)c(C=O)c2)cc1. The van der Waals surface area contributed by atoms with Crippen LogP contribution in [0.3, 0.4) is 0 Å². The van der Waals surface area contributed by atoms with E-state index in [1.165, 1.54) is 5.69 Å². The molecular formula is C30H36N2O2. The molecule has 1 atom stereocenters. The van der Waals surface area contributed by atoms with E-state index in [9.17, 15) is 9.59 Å². The number of Topliss-reactive ketones (excluding diaryl/α,β-unsaturated/α-hetero) is 1. The van der Waals surface area contributed by atoms with Gasteiger partial charge >= 0.3 is 0 Å². The summed E-state index contributed by atoms with van der Waals surface area (Å²) in [4.78, 5) is 28.8. The summed E-state index contributed by atoms with van der Waals surface area (Å²) in [7, 11) is 1.93. The van der Waals surface area contributed by atoms with E-state index in [4.69, 9.17) is 0 Å². The van der Waals surface area contributed by atoms with Crippen LogP contribution in [0.5, 0.6) is 0 Å². The molecule has 0 aliphatic heterocycles. The fourth-order valence-corrected chi connectivity index (χ4v) is 4.60. The van der Waals surface area contributed by atoms with Gasteiger partial charge < -0.3 is 4.90 Å². The highest BCUT2D eigenvalue weighted by Gasteiger charge is 2.22. The highest BCUT2D eigenvalue weighted by molar-refractivity contribution is 5.83. The average molecular weight is 457 g/mol. The number of benzene rings is 3. The van der Waals surface area contributed by atoms with Crippen molar-refractivity contribution in [3.8, 4) is 11.1 Å². The molecule has 0 heterocycles. The minimum atomic E-state index is -0.345. The van der Waals surface area contributed by atoms with Gasteiger partial charge in [0, 0.05) is 30.9 Å². The van der Waals surface area contributed by atoms with Crippen LogP contribution in [-0.4, -0.2) is 37.1 Å². The number of aldehydes is 1. The molecule has 0 aliphatic carbocycles. The molecule has 0 amide bonds. The number of rotatable bonds is 12. The number of nitrogens with zero attached hydrogens (tertiary/aromatic N) is 2. The van der Waals surface area contributed by atoms with Gasteiger partial charge in [-0.1, -0.05) is 68.4 Å². The molecule has 1 unspecified atom stereocenters. The quantitative estimate of drug-likeness (QED) is 0.290. The van der Waals surface area contributed by atoms with Gasteiger partial charge in [-0.2, -0.15) is 0 Å². The van der Waals surface area contributed by atoms with Crippen LogP contribution >= 0.6 is 0 Å². The third kappa shape index (κ3) is 6.21. The van der Waals surface area contributed by atoms with Gasteiger partial charge in [0.1, 0.15) is 6.29 Å². The molecule has 0 N–H and O–H groups in total. The van der Waals surface area contributed by atoms with Gasteiger partial charge in [-0.25, -0.2) is 0 Å². The summed E-state index contributed by atoms with van der Waals surface area (Å²) in [6.07, 6.45) is 3.15. The first-order valence-electron chi connectivity index (χ1n) is 12.2. The van der Waals surface area contributed by atoms with E-state index >= 15 is 0 Å². The lowest BCUT2D eigenvalue weighted by molar-refractivity contribution is -0.122. The molecule has 4 nitrogen and oxygen atoms in total. The first-order chi connectivity index (χ1) is 16.5. The molecule has 3 aromatic rings. The second-order valence-corrected chi connectivity index (χ2v) is 8.90. The average Bonchev–Trinajstić information content (AvgIpc) is 2.85. The zero-order valence-corrected chi connectivity index (χ0v) is 20.8. The Labute approximate surface area is 204 Å². The van der Waals surface area contributed by atoms with Crippen LogP contribution in [0.15, 0.2) is 72.8 Å². The van der Waals surface area contributed by atoms with Crippen LogP contribution in [0.25, 0.3) is 11.1 Å². The third-order valence-corrected chi connectivity index (χ3v) is 6.19. The van der Waals surface area contributed by atoms with Crippen molar-refractivity contribution in [3.05, 3.63) is 89.5 Å². The number of likely N-dealkylation sites (N-methyl/N-ethyl adjacent to an activating group) is 1. The van der Waals surface area contributed by atoms with Crippen molar-refractivity contribution in [2.75, 3.05) is 25.0 Å². The van der Waals surface area contributed by atoms with Crippen molar-refractivity contribution in [1.29, 1.82) is 0 Å². The van der Waals surface area contributed by atoms with Crippen molar-refractivity contribution >= 4 is 17.8 Å². The van der Waals surface area contributed by atoms with Gasteiger partial charge in [-0.05, 0) is 67.3 Å². The van der Waals surface area contributed by atoms with Crippen LogP contribution in [0, 0.1) is 0 Å². The minimum Gasteiger partial charge on any atom is -0.372 e. The number of hydrogen-bond acceptors (Lipinski definition) is 4. The van der Waals surface area contributed by atoms with Crippen LogP contribution in [-0.2, 0) is 11.3 Å². The van der Waals surface area contributed by atoms with Gasteiger partial charge in [0.25, 0.3) is 0 Å². The Morgan fingerprint density at radius 3 is 2.06 bits per heavy atom. The standard InChI is InChI=1S/C30H36N2O2/c1-5-18-32(19-6-2)29-16-14-24(15-17-29)26-12-13-27(28(20-26)22-33)21-31(4)30(23(3)34)25-10-8-7-9-11-25/h7-17,20,22,30H,5-6,18-19,21H2,1-4H3. The van der Waals surface area contributed by atoms with Gasteiger partial charge in [-0.15, -0.1) is 0 Å². The number of carbonyl (C=O) groups excluding carboxylic acids is 2. The number of anilines is 1. The van der Waals surface area contributed by atoms with E-state index in [1.807, 2.05) is 54.4 Å². The lowest BCUT2D eigenvalue weighted by Gasteiger charge is -2.27. The monoisotopic (exact) mass is 456 g/mol. The third-order valence-electron chi connectivity index (χ3n) is 6.19. The predicted molar refractivity (Wildman–Crippen MR) is 141 cm³/mol. The molecule has 4 heteroatoms. The molecule has 3 aromatic carbocycles. The summed E-state index contributed by atoms with van der Waals surface area (Å²) in [6.45, 7) is 8.63. The molecule has 0 radical (unpaired) electrons. The van der Waals surface area contributed by atoms with E-state index in [1.54, 1.807) is 6.92 Å². The fourth-order valence-electron chi connectivity index (χ4n) is 4.60. The Bertz CT molecular complexity index is 1070. The molecule has 0 fully saturated rings. The summed E-state index contributed by atoms with van der Waals surface area (Å²) >= 11 is 0. The summed E-state index contributed by atoms with van der Waals surface area (Å²) in [6, 6.07) is 24.0. The van der Waals surface area contributed by atoms with E-state index in [-0.39, 0.29) is 11.8 Å². The predicted octanol–water partition coefficient (Wildman–Crippen LogP) is 6.55. The summed E-state index contributed by atoms with van der Waals surface area (Å²) in [5, 5.41) is 0. The Hall–Kier alpha value is -3.24. The number of carbonyl (C=O) groups is 2. The molecule has 0 bridgehead atoms. The van der Waals surface area contributed by atoms with Crippen LogP contribution < -0.4 is 4.90 Å². The van der Waals surface area contributed by atoms with Gasteiger partial charge in [0.15, 0.2) is 5.78 Å². The van der Waals surface area contributed by atoms with E-state index < -0.39 is 0 Å². The summed E-state index contributed by atoms with van der Waals surface area (Å²) < 4.78 is 0. The van der Waals surface area contributed by atoms with Crippen molar-refractivity contribution in [2.24, 2.45) is 0 Å². The normalized spacial score (nSPS) is 11.9. The summed E-state index contributed by atoms with van der Waals surface area (Å²) in [5.74, 6) is 0.0817. The zero-order valence-electron chi connectivity index (χ0n) is 20.8. The molecule has 0 aromatic heterocycles. The minimum absolute atomic E-state index is 0.0817. The van der Waals surface area contributed by atoms with Crippen molar-refractivity contribution in [3.63, 3.8) is 0 Å². The Balaban J connectivity index is 1.81. The Kier molecular flexibility index (Phi) is 9.17. The second-order valence-electron chi connectivity index (χ2n) is 8.90. The Morgan fingerprint density at radius 1 is 0.882 bits per heavy atom. The smallest absolute Gasteiger partial charge is 0.151 e. The lowest BCUT2D eigenvalue weighted by Crippen LogP contribution is -2.29. The van der Waals surface area contributed by atoms with Crippen molar-refractivity contribution < 1.29 is 9.59 Å². The lowest BCUT2D eigenvalue weighted by atomic mass is 9.97. The first kappa shape index (κ1) is 25.4. The van der Waals surface area contributed by atoms with Crippen molar-refractivity contribution in [2.45, 2.75) is 46.2 Å². The first-order valence-corrected chi connectivity index (χ1v) is 12.2. The highest BCUT2D eigenvalue weighted by atomic mass is 16.1. The van der Waals surface area contributed by atoms with Gasteiger partial charge in [0.05, 0.1) is 6.04 Å².